The molecule has 0 amide bonds. The van der Waals surface area contributed by atoms with E-state index in [4.69, 9.17) is 15.0 Å². The fourth-order valence-electron chi connectivity index (χ4n) is 1.82. The molecule has 0 saturated heterocycles. The third-order valence-corrected chi connectivity index (χ3v) is 2.70. The number of rotatable bonds is 6. The minimum atomic E-state index is -2.85. The van der Waals surface area contributed by atoms with Crippen LogP contribution < -0.4 is 10.5 Å². The third-order valence-electron chi connectivity index (χ3n) is 2.70. The molecule has 2 rings (SSSR count). The molecule has 0 fully saturated rings. The molecule has 108 valence electrons. The zero-order valence-electron chi connectivity index (χ0n) is 10.8. The maximum absolute atomic E-state index is 12.1. The highest BCUT2D eigenvalue weighted by molar-refractivity contribution is 5.75. The van der Waals surface area contributed by atoms with Gasteiger partial charge in [-0.15, -0.1) is 0 Å². The quantitative estimate of drug-likeness (QED) is 0.883. The number of alkyl halides is 2. The van der Waals surface area contributed by atoms with Gasteiger partial charge >= 0.3 is 6.61 Å². The number of nitrogen functional groups attached to an aromatic ring is 1. The van der Waals surface area contributed by atoms with E-state index < -0.39 is 6.61 Å². The van der Waals surface area contributed by atoms with Gasteiger partial charge < -0.3 is 19.7 Å². The zero-order valence-corrected chi connectivity index (χ0v) is 10.8. The molecule has 0 spiro atoms. The van der Waals surface area contributed by atoms with Crippen molar-refractivity contribution in [2.75, 3.05) is 19.5 Å². The van der Waals surface area contributed by atoms with Crippen molar-refractivity contribution in [3.63, 3.8) is 0 Å². The molecule has 1 aromatic heterocycles. The third kappa shape index (κ3) is 3.24. The topological polar surface area (TPSA) is 70.5 Å². The molecule has 2 aromatic rings. The molecule has 2 N–H and O–H groups in total. The molecule has 1 aromatic carbocycles. The Labute approximate surface area is 114 Å². The van der Waals surface area contributed by atoms with Crippen LogP contribution in [-0.4, -0.2) is 25.5 Å². The fourth-order valence-corrected chi connectivity index (χ4v) is 1.82. The molecule has 0 saturated carbocycles. The van der Waals surface area contributed by atoms with Crippen molar-refractivity contribution in [2.45, 2.75) is 13.0 Å². The number of nitrogens with zero attached hydrogens (tertiary/aromatic N) is 1. The number of hydrogen-bond acceptors (Lipinski definition) is 5. The van der Waals surface area contributed by atoms with E-state index in [2.05, 4.69) is 9.89 Å². The zero-order chi connectivity index (χ0) is 14.5. The van der Waals surface area contributed by atoms with E-state index in [-0.39, 0.29) is 11.6 Å². The number of hydrogen-bond donors (Lipinski definition) is 1. The largest absolute Gasteiger partial charge is 0.435 e. The average molecular weight is 284 g/mol. The Kier molecular flexibility index (Phi) is 4.52. The van der Waals surface area contributed by atoms with Crippen molar-refractivity contribution in [2.24, 2.45) is 0 Å². The van der Waals surface area contributed by atoms with Gasteiger partial charge in [0.2, 0.25) is 5.88 Å². The van der Waals surface area contributed by atoms with Crippen molar-refractivity contribution < 1.29 is 22.8 Å². The van der Waals surface area contributed by atoms with Crippen LogP contribution in [0, 0.1) is 0 Å². The molecule has 20 heavy (non-hydrogen) atoms. The Balaban J connectivity index is 2.24. The van der Waals surface area contributed by atoms with Crippen LogP contribution in [-0.2, 0) is 11.2 Å². The SMILES string of the molecule is COCCc1noc(N)c1-c1ccc(OC(F)F)cc1. The molecule has 0 bridgehead atoms. The Morgan fingerprint density at radius 3 is 2.60 bits per heavy atom. The Bertz CT molecular complexity index is 555. The van der Waals surface area contributed by atoms with Crippen LogP contribution in [0.5, 0.6) is 5.75 Å². The summed E-state index contributed by atoms with van der Waals surface area (Å²) < 4.78 is 38.4. The highest BCUT2D eigenvalue weighted by atomic mass is 19.3. The molecule has 0 aliphatic rings. The summed E-state index contributed by atoms with van der Waals surface area (Å²) in [6.45, 7) is -2.37. The van der Waals surface area contributed by atoms with Crippen molar-refractivity contribution in [3.8, 4) is 16.9 Å². The predicted molar refractivity (Wildman–Crippen MR) is 68.6 cm³/mol. The van der Waals surface area contributed by atoms with Gasteiger partial charge in [-0.05, 0) is 17.7 Å². The van der Waals surface area contributed by atoms with Crippen molar-refractivity contribution >= 4 is 5.88 Å². The first-order valence-corrected chi connectivity index (χ1v) is 5.90. The van der Waals surface area contributed by atoms with Crippen molar-refractivity contribution in [1.82, 2.24) is 5.16 Å². The summed E-state index contributed by atoms with van der Waals surface area (Å²) in [5.41, 5.74) is 7.76. The van der Waals surface area contributed by atoms with E-state index in [1.54, 1.807) is 19.2 Å². The van der Waals surface area contributed by atoms with E-state index in [1.165, 1.54) is 12.1 Å². The number of methoxy groups -OCH3 is 1. The van der Waals surface area contributed by atoms with E-state index in [0.717, 1.165) is 5.56 Å². The van der Waals surface area contributed by atoms with E-state index in [9.17, 15) is 8.78 Å². The summed E-state index contributed by atoms with van der Waals surface area (Å²) in [5.74, 6) is 0.260. The Morgan fingerprint density at radius 2 is 2.00 bits per heavy atom. The first kappa shape index (κ1) is 14.3. The standard InChI is InChI=1S/C13H14F2N2O3/c1-18-7-6-10-11(12(16)20-17-10)8-2-4-9(5-3-8)19-13(14)15/h2-5,13H,6-7,16H2,1H3. The fraction of sp³-hybridized carbons (Fsp3) is 0.308. The second kappa shape index (κ2) is 6.33. The van der Waals surface area contributed by atoms with Crippen LogP contribution in [0.1, 0.15) is 5.69 Å². The lowest BCUT2D eigenvalue weighted by Crippen LogP contribution is -2.01. The lowest BCUT2D eigenvalue weighted by molar-refractivity contribution is -0.0498. The van der Waals surface area contributed by atoms with Crippen LogP contribution in [0.25, 0.3) is 11.1 Å². The Morgan fingerprint density at radius 1 is 1.30 bits per heavy atom. The minimum absolute atomic E-state index is 0.0808. The number of benzene rings is 1. The van der Waals surface area contributed by atoms with Gasteiger partial charge in [0.1, 0.15) is 5.75 Å². The van der Waals surface area contributed by atoms with Gasteiger partial charge in [0, 0.05) is 13.5 Å². The molecule has 0 atom stereocenters. The van der Waals surface area contributed by atoms with Crippen LogP contribution in [0.3, 0.4) is 0 Å². The van der Waals surface area contributed by atoms with Gasteiger partial charge in [-0.1, -0.05) is 17.3 Å². The van der Waals surface area contributed by atoms with Crippen LogP contribution in [0.2, 0.25) is 0 Å². The number of nitrogens with two attached hydrogens (primary N) is 1. The summed E-state index contributed by atoms with van der Waals surface area (Å²) in [5, 5.41) is 3.87. The predicted octanol–water partition coefficient (Wildman–Crippen LogP) is 2.71. The van der Waals surface area contributed by atoms with E-state index >= 15 is 0 Å². The van der Waals surface area contributed by atoms with Crippen LogP contribution in [0.15, 0.2) is 28.8 Å². The first-order valence-electron chi connectivity index (χ1n) is 5.90. The van der Waals surface area contributed by atoms with Crippen LogP contribution in [0.4, 0.5) is 14.7 Å². The van der Waals surface area contributed by atoms with Gasteiger partial charge in [0.15, 0.2) is 0 Å². The normalized spacial score (nSPS) is 11.0. The molecular formula is C13H14F2N2O3. The average Bonchev–Trinajstić information content (AvgIpc) is 2.78. The van der Waals surface area contributed by atoms with E-state index in [1.807, 2.05) is 0 Å². The number of halogens is 2. The molecule has 0 radical (unpaired) electrons. The highest BCUT2D eigenvalue weighted by Gasteiger charge is 2.15. The maximum Gasteiger partial charge on any atom is 0.387 e. The molecular weight excluding hydrogens is 270 g/mol. The highest BCUT2D eigenvalue weighted by Crippen LogP contribution is 2.31. The van der Waals surface area contributed by atoms with Crippen LogP contribution >= 0.6 is 0 Å². The van der Waals surface area contributed by atoms with Gasteiger partial charge in [-0.3, -0.25) is 0 Å². The summed E-state index contributed by atoms with van der Waals surface area (Å²) >= 11 is 0. The van der Waals surface area contributed by atoms with Crippen molar-refractivity contribution in [1.29, 1.82) is 0 Å². The molecule has 0 unspecified atom stereocenters. The second-order valence-corrected chi connectivity index (χ2v) is 4.01. The maximum atomic E-state index is 12.1. The van der Waals surface area contributed by atoms with E-state index in [0.29, 0.717) is 24.3 Å². The first-order chi connectivity index (χ1) is 9.61. The van der Waals surface area contributed by atoms with Gasteiger partial charge in [-0.25, -0.2) is 0 Å². The molecule has 0 aliphatic heterocycles. The number of ether oxygens (including phenoxy) is 2. The summed E-state index contributed by atoms with van der Waals surface area (Å²) in [6.07, 6.45) is 0.543. The van der Waals surface area contributed by atoms with Gasteiger partial charge in [0.25, 0.3) is 0 Å². The summed E-state index contributed by atoms with van der Waals surface area (Å²) in [4.78, 5) is 0. The monoisotopic (exact) mass is 284 g/mol. The number of aromatic nitrogens is 1. The summed E-state index contributed by atoms with van der Waals surface area (Å²) in [6, 6.07) is 6.12. The minimum Gasteiger partial charge on any atom is -0.435 e. The summed E-state index contributed by atoms with van der Waals surface area (Å²) in [7, 11) is 1.58. The van der Waals surface area contributed by atoms with Gasteiger partial charge in [-0.2, -0.15) is 8.78 Å². The molecule has 5 nitrogen and oxygen atoms in total. The van der Waals surface area contributed by atoms with Gasteiger partial charge in [0.05, 0.1) is 17.9 Å². The molecule has 0 aliphatic carbocycles. The molecule has 1 heterocycles. The Hall–Kier alpha value is -2.15. The number of anilines is 1. The lowest BCUT2D eigenvalue weighted by atomic mass is 10.0. The lowest BCUT2D eigenvalue weighted by Gasteiger charge is -2.06. The van der Waals surface area contributed by atoms with Crippen molar-refractivity contribution in [3.05, 3.63) is 30.0 Å². The molecule has 7 heteroatoms. The second-order valence-electron chi connectivity index (χ2n) is 4.01. The smallest absolute Gasteiger partial charge is 0.387 e.